The lowest BCUT2D eigenvalue weighted by Crippen LogP contribution is -2.04. The van der Waals surface area contributed by atoms with Crippen LogP contribution in [0.25, 0.3) is 0 Å². The number of hydrogen-bond donors (Lipinski definition) is 0. The fraction of sp³-hybridized carbons (Fsp3) is 0.300. The van der Waals surface area contributed by atoms with Crippen LogP contribution in [0.3, 0.4) is 0 Å². The number of carbonyl (C=O) groups excluding carboxylic acids is 1. The summed E-state index contributed by atoms with van der Waals surface area (Å²) in [7, 11) is 0. The smallest absolute Gasteiger partial charge is 0.263 e. The van der Waals surface area contributed by atoms with Crippen LogP contribution in [0, 0.1) is 5.82 Å². The summed E-state index contributed by atoms with van der Waals surface area (Å²) in [5, 5.41) is 0.132. The molecular weight excluding hydrogens is 273 g/mol. The second-order valence-corrected chi connectivity index (χ2v) is 3.60. The van der Waals surface area contributed by atoms with Crippen molar-refractivity contribution in [3.63, 3.8) is 0 Å². The van der Waals surface area contributed by atoms with Crippen LogP contribution in [0.1, 0.15) is 17.6 Å². The van der Waals surface area contributed by atoms with Crippen LogP contribution in [-0.4, -0.2) is 11.1 Å². The fourth-order valence-electron chi connectivity index (χ4n) is 1.18. The second kappa shape index (κ2) is 5.30. The van der Waals surface area contributed by atoms with Crippen molar-refractivity contribution in [3.8, 4) is 0 Å². The molecule has 0 fully saturated rings. The number of benzene rings is 1. The minimum atomic E-state index is -2.72. The lowest BCUT2D eigenvalue weighted by atomic mass is 10.1. The Morgan fingerprint density at radius 1 is 1.33 bits per heavy atom. The van der Waals surface area contributed by atoms with Gasteiger partial charge in [0.2, 0.25) is 0 Å². The van der Waals surface area contributed by atoms with Gasteiger partial charge < -0.3 is 0 Å². The van der Waals surface area contributed by atoms with E-state index in [9.17, 15) is 18.0 Å². The van der Waals surface area contributed by atoms with Gasteiger partial charge in [-0.1, -0.05) is 15.9 Å². The zero-order chi connectivity index (χ0) is 11.4. The third-order valence-electron chi connectivity index (χ3n) is 1.78. The summed E-state index contributed by atoms with van der Waals surface area (Å²) in [6.07, 6.45) is -2.76. The fourth-order valence-corrected chi connectivity index (χ4v) is 1.38. The Hall–Kier alpha value is -0.840. The van der Waals surface area contributed by atoms with E-state index < -0.39 is 17.8 Å². The van der Waals surface area contributed by atoms with Gasteiger partial charge in [-0.15, -0.1) is 0 Å². The van der Waals surface area contributed by atoms with E-state index in [0.717, 1.165) is 18.2 Å². The average Bonchev–Trinajstić information content (AvgIpc) is 2.16. The molecule has 0 amide bonds. The van der Waals surface area contributed by atoms with Gasteiger partial charge in [0.1, 0.15) is 11.6 Å². The highest BCUT2D eigenvalue weighted by molar-refractivity contribution is 9.09. The summed E-state index contributed by atoms with van der Waals surface area (Å²) >= 11 is 2.95. The Morgan fingerprint density at radius 3 is 2.53 bits per heavy atom. The zero-order valence-corrected chi connectivity index (χ0v) is 9.23. The van der Waals surface area contributed by atoms with Gasteiger partial charge in [-0.3, -0.25) is 4.79 Å². The van der Waals surface area contributed by atoms with E-state index in [4.69, 9.17) is 0 Å². The van der Waals surface area contributed by atoms with Gasteiger partial charge in [-0.05, 0) is 23.8 Å². The quantitative estimate of drug-likeness (QED) is 0.774. The molecule has 0 aromatic heterocycles. The molecule has 1 aromatic carbocycles. The molecule has 1 aromatic rings. The molecule has 0 aliphatic carbocycles. The SMILES string of the molecule is O=C(CBr)Cc1cc(F)cc(C(F)F)c1. The summed E-state index contributed by atoms with van der Waals surface area (Å²) in [6.45, 7) is 0. The van der Waals surface area contributed by atoms with Crippen molar-refractivity contribution in [2.24, 2.45) is 0 Å². The molecule has 0 radical (unpaired) electrons. The Balaban J connectivity index is 2.93. The molecule has 15 heavy (non-hydrogen) atoms. The third-order valence-corrected chi connectivity index (χ3v) is 2.41. The highest BCUT2D eigenvalue weighted by Crippen LogP contribution is 2.21. The first kappa shape index (κ1) is 12.2. The van der Waals surface area contributed by atoms with E-state index in [1.165, 1.54) is 0 Å². The zero-order valence-electron chi connectivity index (χ0n) is 7.64. The molecule has 0 saturated carbocycles. The number of ketones is 1. The summed E-state index contributed by atoms with van der Waals surface area (Å²) in [5.41, 5.74) is -0.123. The number of Topliss-reactive ketones (excluding diaryl/α,β-unsaturated/α-hetero) is 1. The Labute approximate surface area is 93.4 Å². The second-order valence-electron chi connectivity index (χ2n) is 3.04. The lowest BCUT2D eigenvalue weighted by molar-refractivity contribution is -0.115. The normalized spacial score (nSPS) is 10.7. The van der Waals surface area contributed by atoms with Crippen molar-refractivity contribution in [3.05, 3.63) is 35.1 Å². The van der Waals surface area contributed by atoms with Crippen molar-refractivity contribution in [2.75, 3.05) is 5.33 Å². The number of rotatable bonds is 4. The number of hydrogen-bond acceptors (Lipinski definition) is 1. The van der Waals surface area contributed by atoms with Gasteiger partial charge in [0, 0.05) is 12.0 Å². The number of carbonyl (C=O) groups is 1. The van der Waals surface area contributed by atoms with E-state index in [1.807, 2.05) is 0 Å². The lowest BCUT2D eigenvalue weighted by Gasteiger charge is -2.04. The molecule has 0 spiro atoms. The van der Waals surface area contributed by atoms with Crippen molar-refractivity contribution in [1.82, 2.24) is 0 Å². The van der Waals surface area contributed by atoms with Gasteiger partial charge >= 0.3 is 0 Å². The van der Waals surface area contributed by atoms with Gasteiger partial charge in [-0.2, -0.15) is 0 Å². The topological polar surface area (TPSA) is 17.1 Å². The molecule has 5 heteroatoms. The molecule has 0 unspecified atom stereocenters. The highest BCUT2D eigenvalue weighted by Gasteiger charge is 2.11. The van der Waals surface area contributed by atoms with Gasteiger partial charge in [0.25, 0.3) is 6.43 Å². The first-order chi connectivity index (χ1) is 7.02. The molecule has 0 heterocycles. The van der Waals surface area contributed by atoms with Crippen LogP contribution in [-0.2, 0) is 11.2 Å². The average molecular weight is 281 g/mol. The maximum absolute atomic E-state index is 12.9. The highest BCUT2D eigenvalue weighted by atomic mass is 79.9. The molecule has 1 rings (SSSR count). The minimum absolute atomic E-state index is 0.0390. The largest absolute Gasteiger partial charge is 0.298 e. The summed E-state index contributed by atoms with van der Waals surface area (Å²) in [5.74, 6) is -0.925. The first-order valence-electron chi connectivity index (χ1n) is 4.18. The Bertz CT molecular complexity index is 366. The minimum Gasteiger partial charge on any atom is -0.298 e. The van der Waals surface area contributed by atoms with E-state index >= 15 is 0 Å². The van der Waals surface area contributed by atoms with Crippen LogP contribution >= 0.6 is 15.9 Å². The number of halogens is 4. The summed E-state index contributed by atoms with van der Waals surface area (Å²) in [6, 6.07) is 3.01. The standard InChI is InChI=1S/C10H8BrF3O/c11-5-9(15)3-6-1-7(10(13)14)4-8(12)2-6/h1-2,4,10H,3,5H2. The molecule has 82 valence electrons. The molecule has 0 aliphatic rings. The third kappa shape index (κ3) is 3.66. The van der Waals surface area contributed by atoms with Crippen LogP contribution in [0.2, 0.25) is 0 Å². The van der Waals surface area contributed by atoms with Crippen molar-refractivity contribution >= 4 is 21.7 Å². The summed E-state index contributed by atoms with van der Waals surface area (Å²) < 4.78 is 37.5. The van der Waals surface area contributed by atoms with Crippen molar-refractivity contribution < 1.29 is 18.0 Å². The van der Waals surface area contributed by atoms with Crippen LogP contribution in [0.15, 0.2) is 18.2 Å². The maximum atomic E-state index is 12.9. The van der Waals surface area contributed by atoms with Crippen LogP contribution < -0.4 is 0 Å². The molecular formula is C10H8BrF3O. The van der Waals surface area contributed by atoms with E-state index in [1.54, 1.807) is 0 Å². The number of alkyl halides is 3. The monoisotopic (exact) mass is 280 g/mol. The predicted molar refractivity (Wildman–Crippen MR) is 53.9 cm³/mol. The molecule has 0 aliphatic heterocycles. The van der Waals surface area contributed by atoms with Gasteiger partial charge in [0.15, 0.2) is 0 Å². The Morgan fingerprint density at radius 2 is 2.00 bits per heavy atom. The molecule has 0 atom stereocenters. The van der Waals surface area contributed by atoms with Crippen molar-refractivity contribution in [1.29, 1.82) is 0 Å². The Kier molecular flexibility index (Phi) is 4.32. The van der Waals surface area contributed by atoms with Gasteiger partial charge in [0.05, 0.1) is 5.33 Å². The van der Waals surface area contributed by atoms with E-state index in [2.05, 4.69) is 15.9 Å². The first-order valence-corrected chi connectivity index (χ1v) is 5.30. The molecule has 0 bridgehead atoms. The molecule has 1 nitrogen and oxygen atoms in total. The molecule has 0 saturated heterocycles. The van der Waals surface area contributed by atoms with Crippen molar-refractivity contribution in [2.45, 2.75) is 12.8 Å². The molecule has 0 N–H and O–H groups in total. The van der Waals surface area contributed by atoms with Crippen LogP contribution in [0.5, 0.6) is 0 Å². The van der Waals surface area contributed by atoms with Crippen LogP contribution in [0.4, 0.5) is 13.2 Å². The predicted octanol–water partition coefficient (Wildman–Crippen LogP) is 3.27. The van der Waals surface area contributed by atoms with E-state index in [-0.39, 0.29) is 23.1 Å². The van der Waals surface area contributed by atoms with E-state index in [0.29, 0.717) is 0 Å². The maximum Gasteiger partial charge on any atom is 0.263 e. The summed E-state index contributed by atoms with van der Waals surface area (Å²) in [4.78, 5) is 11.0. The van der Waals surface area contributed by atoms with Gasteiger partial charge in [-0.25, -0.2) is 13.2 Å².